The predicted octanol–water partition coefficient (Wildman–Crippen LogP) is 3.62. The number of hydrogen-bond donors (Lipinski definition) is 2. The Morgan fingerprint density at radius 2 is 1.62 bits per heavy atom. The highest BCUT2D eigenvalue weighted by atomic mass is 32.2. The second-order valence-electron chi connectivity index (χ2n) is 6.82. The van der Waals surface area contributed by atoms with E-state index in [1.54, 1.807) is 20.3 Å². The number of sulfonamides is 1. The Hall–Kier alpha value is -3.59. The Morgan fingerprint density at radius 3 is 2.25 bits per heavy atom. The van der Waals surface area contributed by atoms with Gasteiger partial charge in [-0.2, -0.15) is 0 Å². The molecule has 3 rings (SSSR count). The molecular weight excluding hydrogens is 435 g/mol. The molecule has 0 aliphatic carbocycles. The number of rotatable bonds is 9. The Bertz CT molecular complexity index is 1180. The van der Waals surface area contributed by atoms with Crippen molar-refractivity contribution >= 4 is 21.6 Å². The van der Waals surface area contributed by atoms with Gasteiger partial charge in [0.2, 0.25) is 0 Å². The van der Waals surface area contributed by atoms with Crippen molar-refractivity contribution < 1.29 is 27.1 Å². The summed E-state index contributed by atoms with van der Waals surface area (Å²) in [5.41, 5.74) is 1.60. The topological polar surface area (TPSA) is 93.7 Å². The summed E-state index contributed by atoms with van der Waals surface area (Å²) in [4.78, 5) is 12.3. The van der Waals surface area contributed by atoms with E-state index in [1.165, 1.54) is 36.4 Å². The summed E-state index contributed by atoms with van der Waals surface area (Å²) >= 11 is 0. The van der Waals surface area contributed by atoms with Crippen LogP contribution in [0.2, 0.25) is 0 Å². The molecule has 0 aliphatic rings. The first-order valence-corrected chi connectivity index (χ1v) is 11.2. The molecule has 0 radical (unpaired) electrons. The zero-order valence-corrected chi connectivity index (χ0v) is 18.4. The Balaban J connectivity index is 1.58. The number of nitrogens with one attached hydrogen (secondary N) is 2. The van der Waals surface area contributed by atoms with Crippen molar-refractivity contribution in [2.75, 3.05) is 25.5 Å². The average Bonchev–Trinajstić information content (AvgIpc) is 2.79. The highest BCUT2D eigenvalue weighted by Gasteiger charge is 2.15. The zero-order valence-electron chi connectivity index (χ0n) is 17.6. The van der Waals surface area contributed by atoms with Crippen LogP contribution in [0.15, 0.2) is 71.6 Å². The normalized spacial score (nSPS) is 11.0. The largest absolute Gasteiger partial charge is 0.497 e. The first-order chi connectivity index (χ1) is 15.3. The molecule has 0 bridgehead atoms. The lowest BCUT2D eigenvalue weighted by atomic mass is 10.1. The Labute approximate surface area is 186 Å². The SMILES string of the molecule is COc1ccc(CCNC(=O)c2ccc(NS(=O)(=O)c3ccc(F)cc3)cc2)c(OC)c1. The Morgan fingerprint density at radius 1 is 0.938 bits per heavy atom. The molecule has 32 heavy (non-hydrogen) atoms. The van der Waals surface area contributed by atoms with Gasteiger partial charge in [-0.05, 0) is 66.6 Å². The fourth-order valence-electron chi connectivity index (χ4n) is 2.99. The summed E-state index contributed by atoms with van der Waals surface area (Å²) in [6, 6.07) is 16.0. The third kappa shape index (κ3) is 5.76. The maximum atomic E-state index is 13.0. The maximum absolute atomic E-state index is 13.0. The number of anilines is 1. The van der Waals surface area contributed by atoms with Gasteiger partial charge in [0.05, 0.1) is 19.1 Å². The van der Waals surface area contributed by atoms with E-state index >= 15 is 0 Å². The van der Waals surface area contributed by atoms with Gasteiger partial charge in [0.25, 0.3) is 15.9 Å². The number of ether oxygens (including phenoxy) is 2. The van der Waals surface area contributed by atoms with Crippen molar-refractivity contribution in [3.8, 4) is 11.5 Å². The Kier molecular flexibility index (Phi) is 7.32. The van der Waals surface area contributed by atoms with Gasteiger partial charge in [0, 0.05) is 23.9 Å². The van der Waals surface area contributed by atoms with Gasteiger partial charge in [0.1, 0.15) is 17.3 Å². The van der Waals surface area contributed by atoms with Crippen LogP contribution in [0.5, 0.6) is 11.5 Å². The summed E-state index contributed by atoms with van der Waals surface area (Å²) in [6.07, 6.45) is 0.564. The molecule has 0 spiro atoms. The van der Waals surface area contributed by atoms with Crippen LogP contribution >= 0.6 is 0 Å². The molecule has 7 nitrogen and oxygen atoms in total. The molecular formula is C23H23FN2O5S. The van der Waals surface area contributed by atoms with Crippen molar-refractivity contribution in [2.24, 2.45) is 0 Å². The zero-order chi connectivity index (χ0) is 23.1. The van der Waals surface area contributed by atoms with E-state index in [2.05, 4.69) is 10.0 Å². The number of halogens is 1. The molecule has 168 valence electrons. The molecule has 1 amide bonds. The molecule has 0 saturated carbocycles. The number of methoxy groups -OCH3 is 2. The fourth-order valence-corrected chi connectivity index (χ4v) is 4.05. The highest BCUT2D eigenvalue weighted by Crippen LogP contribution is 2.24. The number of benzene rings is 3. The van der Waals surface area contributed by atoms with Crippen molar-refractivity contribution in [3.05, 3.63) is 83.7 Å². The lowest BCUT2D eigenvalue weighted by molar-refractivity contribution is 0.0954. The van der Waals surface area contributed by atoms with Crippen LogP contribution in [-0.4, -0.2) is 35.1 Å². The summed E-state index contributed by atoms with van der Waals surface area (Å²) in [7, 11) is -0.709. The molecule has 0 aromatic heterocycles. The van der Waals surface area contributed by atoms with Gasteiger partial charge in [-0.3, -0.25) is 9.52 Å². The monoisotopic (exact) mass is 458 g/mol. The van der Waals surface area contributed by atoms with Gasteiger partial charge in [-0.25, -0.2) is 12.8 Å². The van der Waals surface area contributed by atoms with E-state index in [-0.39, 0.29) is 16.5 Å². The molecule has 2 N–H and O–H groups in total. The standard InChI is InChI=1S/C23H23FN2O5S/c1-30-20-10-5-16(22(15-20)31-2)13-14-25-23(27)17-3-8-19(9-4-17)26-32(28,29)21-11-6-18(24)7-12-21/h3-12,15,26H,13-14H2,1-2H3,(H,25,27). The summed E-state index contributed by atoms with van der Waals surface area (Å²) < 4.78 is 50.7. The van der Waals surface area contributed by atoms with Gasteiger partial charge < -0.3 is 14.8 Å². The predicted molar refractivity (Wildman–Crippen MR) is 119 cm³/mol. The van der Waals surface area contributed by atoms with Crippen LogP contribution in [0.25, 0.3) is 0 Å². The molecule has 0 aliphatic heterocycles. The maximum Gasteiger partial charge on any atom is 0.261 e. The lowest BCUT2D eigenvalue weighted by Gasteiger charge is -2.11. The van der Waals surface area contributed by atoms with Crippen LogP contribution in [0.3, 0.4) is 0 Å². The van der Waals surface area contributed by atoms with Crippen LogP contribution in [0, 0.1) is 5.82 Å². The van der Waals surface area contributed by atoms with Gasteiger partial charge >= 0.3 is 0 Å². The van der Waals surface area contributed by atoms with Crippen molar-refractivity contribution in [1.29, 1.82) is 0 Å². The summed E-state index contributed by atoms with van der Waals surface area (Å²) in [6.45, 7) is 0.389. The van der Waals surface area contributed by atoms with Crippen LogP contribution in [0.1, 0.15) is 15.9 Å². The van der Waals surface area contributed by atoms with Crippen LogP contribution in [0.4, 0.5) is 10.1 Å². The first kappa shape index (κ1) is 23.1. The number of carbonyl (C=O) groups excluding carboxylic acids is 1. The quantitative estimate of drug-likeness (QED) is 0.511. The van der Waals surface area contributed by atoms with E-state index < -0.39 is 15.8 Å². The van der Waals surface area contributed by atoms with E-state index in [9.17, 15) is 17.6 Å². The number of amides is 1. The van der Waals surface area contributed by atoms with Gasteiger partial charge in [0.15, 0.2) is 0 Å². The average molecular weight is 459 g/mol. The van der Waals surface area contributed by atoms with Gasteiger partial charge in [-0.1, -0.05) is 6.07 Å². The minimum Gasteiger partial charge on any atom is -0.497 e. The second-order valence-corrected chi connectivity index (χ2v) is 8.50. The lowest BCUT2D eigenvalue weighted by Crippen LogP contribution is -2.25. The molecule has 0 heterocycles. The number of hydrogen-bond acceptors (Lipinski definition) is 5. The molecule has 0 atom stereocenters. The minimum atomic E-state index is -3.86. The smallest absolute Gasteiger partial charge is 0.261 e. The number of carbonyl (C=O) groups is 1. The van der Waals surface area contributed by atoms with Crippen molar-refractivity contribution in [3.63, 3.8) is 0 Å². The fraction of sp³-hybridized carbons (Fsp3) is 0.174. The first-order valence-electron chi connectivity index (χ1n) is 9.70. The van der Waals surface area contributed by atoms with E-state index in [4.69, 9.17) is 9.47 Å². The molecule has 0 unspecified atom stereocenters. The highest BCUT2D eigenvalue weighted by molar-refractivity contribution is 7.92. The van der Waals surface area contributed by atoms with Crippen molar-refractivity contribution in [2.45, 2.75) is 11.3 Å². The third-order valence-corrected chi connectivity index (χ3v) is 6.09. The molecule has 0 fully saturated rings. The summed E-state index contributed by atoms with van der Waals surface area (Å²) in [5.74, 6) is 0.552. The van der Waals surface area contributed by atoms with Crippen molar-refractivity contribution in [1.82, 2.24) is 5.32 Å². The third-order valence-electron chi connectivity index (χ3n) is 4.70. The molecule has 3 aromatic rings. The van der Waals surface area contributed by atoms with E-state index in [0.717, 1.165) is 17.7 Å². The van der Waals surface area contributed by atoms with E-state index in [0.29, 0.717) is 30.0 Å². The molecule has 9 heteroatoms. The molecule has 3 aromatic carbocycles. The minimum absolute atomic E-state index is 0.0605. The summed E-state index contributed by atoms with van der Waals surface area (Å²) in [5, 5.41) is 2.83. The molecule has 0 saturated heterocycles. The van der Waals surface area contributed by atoms with Gasteiger partial charge in [-0.15, -0.1) is 0 Å². The van der Waals surface area contributed by atoms with Crippen LogP contribution < -0.4 is 19.5 Å². The van der Waals surface area contributed by atoms with E-state index in [1.807, 2.05) is 12.1 Å². The second kappa shape index (κ2) is 10.1. The van der Waals surface area contributed by atoms with Crippen LogP contribution in [-0.2, 0) is 16.4 Å².